The Morgan fingerprint density at radius 2 is 1.87 bits per heavy atom. The zero-order valence-electron chi connectivity index (χ0n) is 22.7. The molecule has 4 heterocycles. The second kappa shape index (κ2) is 9.67. The zero-order valence-corrected chi connectivity index (χ0v) is 22.7. The number of aromatic nitrogens is 4. The van der Waals surface area contributed by atoms with Crippen LogP contribution in [-0.2, 0) is 11.3 Å². The van der Waals surface area contributed by atoms with Crippen LogP contribution in [0.5, 0.6) is 11.5 Å². The topological polar surface area (TPSA) is 85.4 Å². The van der Waals surface area contributed by atoms with Crippen LogP contribution in [0.25, 0.3) is 22.2 Å². The lowest BCUT2D eigenvalue weighted by molar-refractivity contribution is -0.229. The average Bonchev–Trinajstić information content (AvgIpc) is 3.32. The predicted molar refractivity (Wildman–Crippen MR) is 146 cm³/mol. The molecule has 0 aliphatic carbocycles. The van der Waals surface area contributed by atoms with Crippen LogP contribution in [0, 0.1) is 13.8 Å². The normalized spacial score (nSPS) is 17.9. The largest absolute Gasteiger partial charge is 0.486 e. The first-order valence-electron chi connectivity index (χ1n) is 13.5. The van der Waals surface area contributed by atoms with Gasteiger partial charge in [0, 0.05) is 54.0 Å². The molecule has 0 saturated carbocycles. The minimum Gasteiger partial charge on any atom is -0.486 e. The number of aryl methyl sites for hydroxylation is 2. The summed E-state index contributed by atoms with van der Waals surface area (Å²) in [5, 5.41) is 17.1. The van der Waals surface area contributed by atoms with Crippen molar-refractivity contribution in [2.24, 2.45) is 0 Å². The summed E-state index contributed by atoms with van der Waals surface area (Å²) in [6.45, 7) is 13.0. The molecule has 1 N–H and O–H groups in total. The Morgan fingerprint density at radius 3 is 2.63 bits per heavy atom. The molecule has 0 amide bonds. The molecule has 0 radical (unpaired) electrons. The van der Waals surface area contributed by atoms with Crippen molar-refractivity contribution in [2.75, 3.05) is 13.1 Å². The van der Waals surface area contributed by atoms with Crippen molar-refractivity contribution >= 4 is 10.9 Å². The van der Waals surface area contributed by atoms with Gasteiger partial charge in [0.05, 0.1) is 24.0 Å². The third-order valence-corrected chi connectivity index (χ3v) is 7.94. The van der Waals surface area contributed by atoms with E-state index >= 15 is 0 Å². The van der Waals surface area contributed by atoms with Crippen molar-refractivity contribution < 1.29 is 14.2 Å². The van der Waals surface area contributed by atoms with E-state index in [2.05, 4.69) is 57.3 Å². The third kappa shape index (κ3) is 4.52. The summed E-state index contributed by atoms with van der Waals surface area (Å²) in [6.07, 6.45) is 3.38. The van der Waals surface area contributed by atoms with Crippen LogP contribution in [0.2, 0.25) is 0 Å². The van der Waals surface area contributed by atoms with Crippen molar-refractivity contribution in [1.82, 2.24) is 25.3 Å². The number of hydrogen-bond donors (Lipinski definition) is 1. The highest BCUT2D eigenvalue weighted by molar-refractivity contribution is 5.94. The summed E-state index contributed by atoms with van der Waals surface area (Å²) in [7, 11) is 0. The van der Waals surface area contributed by atoms with E-state index < -0.39 is 5.79 Å². The molecule has 2 aliphatic heterocycles. The van der Waals surface area contributed by atoms with Gasteiger partial charge in [-0.2, -0.15) is 15.3 Å². The molecule has 0 unspecified atom stereocenters. The Labute approximate surface area is 223 Å². The summed E-state index contributed by atoms with van der Waals surface area (Å²) in [6, 6.07) is 12.9. The molecule has 0 bridgehead atoms. The molecule has 2 aliphatic rings. The van der Waals surface area contributed by atoms with Crippen LogP contribution in [0.4, 0.5) is 0 Å². The Hall–Kier alpha value is -3.49. The molecule has 4 aromatic rings. The number of ether oxygens (including phenoxy) is 3. The number of rotatable bonds is 5. The van der Waals surface area contributed by atoms with Gasteiger partial charge in [-0.15, -0.1) is 0 Å². The van der Waals surface area contributed by atoms with E-state index in [1.54, 1.807) is 6.20 Å². The minimum atomic E-state index is -0.511. The number of nitrogens with one attached hydrogen (secondary N) is 1. The summed E-state index contributed by atoms with van der Waals surface area (Å²) in [5.74, 6) is 1.18. The molecule has 2 aromatic carbocycles. The Balaban J connectivity index is 1.24. The fourth-order valence-corrected chi connectivity index (χ4v) is 5.78. The lowest BCUT2D eigenvalue weighted by atomic mass is 9.99. The highest BCUT2D eigenvalue weighted by Gasteiger charge is 2.41. The smallest absolute Gasteiger partial charge is 0.213 e. The van der Waals surface area contributed by atoms with Crippen LogP contribution in [-0.4, -0.2) is 50.2 Å². The van der Waals surface area contributed by atoms with E-state index in [0.717, 1.165) is 82.0 Å². The molecular formula is C30H35N5O3. The summed E-state index contributed by atoms with van der Waals surface area (Å²) in [4.78, 5) is 2.48. The van der Waals surface area contributed by atoms with Gasteiger partial charge < -0.3 is 19.1 Å². The first-order valence-corrected chi connectivity index (χ1v) is 13.5. The average molecular weight is 514 g/mol. The SMILES string of the molecule is Cc1cnnc(C)c1[C@@H](C)Oc1ccc2[nH]nc(-c3ccc4c(c3)COC3(CCN(C(C)C)CC3)O4)c2c1. The Bertz CT molecular complexity index is 1450. The summed E-state index contributed by atoms with van der Waals surface area (Å²) in [5.41, 5.74) is 6.92. The fourth-order valence-electron chi connectivity index (χ4n) is 5.78. The summed E-state index contributed by atoms with van der Waals surface area (Å²) >= 11 is 0. The number of aromatic amines is 1. The number of hydrogen-bond acceptors (Lipinski definition) is 7. The van der Waals surface area contributed by atoms with E-state index in [9.17, 15) is 0 Å². The van der Waals surface area contributed by atoms with Crippen LogP contribution < -0.4 is 9.47 Å². The molecule has 1 spiro atoms. The maximum atomic E-state index is 6.47. The molecule has 6 rings (SSSR count). The van der Waals surface area contributed by atoms with Gasteiger partial charge in [0.2, 0.25) is 5.79 Å². The zero-order chi connectivity index (χ0) is 26.4. The van der Waals surface area contributed by atoms with Crippen LogP contribution >= 0.6 is 0 Å². The first kappa shape index (κ1) is 24.8. The lowest BCUT2D eigenvalue weighted by Crippen LogP contribution is -2.52. The number of nitrogens with zero attached hydrogens (tertiary/aromatic N) is 4. The van der Waals surface area contributed by atoms with Crippen molar-refractivity contribution in [3.05, 3.63) is 65.0 Å². The van der Waals surface area contributed by atoms with Gasteiger partial charge >= 0.3 is 0 Å². The van der Waals surface area contributed by atoms with Gasteiger partial charge in [-0.1, -0.05) is 0 Å². The molecule has 2 aromatic heterocycles. The van der Waals surface area contributed by atoms with Crippen LogP contribution in [0.1, 0.15) is 62.1 Å². The van der Waals surface area contributed by atoms with Crippen molar-refractivity contribution in [1.29, 1.82) is 0 Å². The molecule has 8 heteroatoms. The van der Waals surface area contributed by atoms with E-state index in [0.29, 0.717) is 12.6 Å². The Kier molecular flexibility index (Phi) is 6.32. The number of benzene rings is 2. The number of H-pyrrole nitrogens is 1. The van der Waals surface area contributed by atoms with E-state index in [4.69, 9.17) is 14.2 Å². The number of piperidine rings is 1. The molecule has 1 saturated heterocycles. The van der Waals surface area contributed by atoms with Crippen LogP contribution in [0.3, 0.4) is 0 Å². The van der Waals surface area contributed by atoms with Crippen molar-refractivity contribution in [3.8, 4) is 22.8 Å². The van der Waals surface area contributed by atoms with Gasteiger partial charge in [0.1, 0.15) is 23.3 Å². The highest BCUT2D eigenvalue weighted by atomic mass is 16.7. The van der Waals surface area contributed by atoms with Crippen molar-refractivity contribution in [3.63, 3.8) is 0 Å². The second-order valence-electron chi connectivity index (χ2n) is 10.8. The predicted octanol–water partition coefficient (Wildman–Crippen LogP) is 5.89. The number of fused-ring (bicyclic) bond motifs is 2. The number of likely N-dealkylation sites (tertiary alicyclic amines) is 1. The first-order chi connectivity index (χ1) is 18.3. The molecule has 8 nitrogen and oxygen atoms in total. The Morgan fingerprint density at radius 1 is 1.05 bits per heavy atom. The van der Waals surface area contributed by atoms with Gasteiger partial charge in [0.25, 0.3) is 0 Å². The monoisotopic (exact) mass is 513 g/mol. The van der Waals surface area contributed by atoms with Crippen LogP contribution in [0.15, 0.2) is 42.6 Å². The second-order valence-corrected chi connectivity index (χ2v) is 10.8. The van der Waals surface area contributed by atoms with E-state index in [1.807, 2.05) is 39.0 Å². The minimum absolute atomic E-state index is 0.156. The van der Waals surface area contributed by atoms with Gasteiger partial charge in [-0.25, -0.2) is 0 Å². The maximum Gasteiger partial charge on any atom is 0.213 e. The lowest BCUT2D eigenvalue weighted by Gasteiger charge is -2.45. The maximum absolute atomic E-state index is 6.47. The molecule has 198 valence electrons. The van der Waals surface area contributed by atoms with Crippen molar-refractivity contribution in [2.45, 2.75) is 72.0 Å². The van der Waals surface area contributed by atoms with Gasteiger partial charge in [-0.05, 0) is 76.6 Å². The highest BCUT2D eigenvalue weighted by Crippen LogP contribution is 2.40. The summed E-state index contributed by atoms with van der Waals surface area (Å²) < 4.78 is 19.2. The molecule has 38 heavy (non-hydrogen) atoms. The third-order valence-electron chi connectivity index (χ3n) is 7.94. The molecule has 1 atom stereocenters. The fraction of sp³-hybridized carbons (Fsp3) is 0.433. The van der Waals surface area contributed by atoms with E-state index in [1.165, 1.54) is 0 Å². The van der Waals surface area contributed by atoms with Gasteiger partial charge in [-0.3, -0.25) is 5.10 Å². The molecule has 1 fully saturated rings. The standard InChI is InChI=1S/C30H35N5O3/c1-18(2)35-12-10-30(11-13-35)36-17-23-14-22(6-9-27(23)38-30)29-25-15-24(7-8-26(25)33-34-29)37-21(5)28-19(3)16-31-32-20(28)4/h6-9,14-16,18,21H,10-13,17H2,1-5H3,(H,33,34)/t21-/m1/s1. The van der Waals surface area contributed by atoms with E-state index in [-0.39, 0.29) is 6.10 Å². The molecular weight excluding hydrogens is 478 g/mol. The quantitative estimate of drug-likeness (QED) is 0.356. The van der Waals surface area contributed by atoms with Gasteiger partial charge in [0.15, 0.2) is 0 Å².